The van der Waals surface area contributed by atoms with Gasteiger partial charge in [-0.3, -0.25) is 0 Å². The second-order valence-electron chi connectivity index (χ2n) is 5.92. The molecule has 0 aliphatic carbocycles. The fourth-order valence-electron chi connectivity index (χ4n) is 3.00. The highest BCUT2D eigenvalue weighted by Gasteiger charge is 2.35. The standard InChI is InChI=1S/C13H27N3O3S/c1-4-16-9-11(2)13(10-16)14-20(17,18)15(3)12-5-7-19-8-6-12/h11-14H,4-10H2,1-3H3. The topological polar surface area (TPSA) is 61.9 Å². The monoisotopic (exact) mass is 305 g/mol. The lowest BCUT2D eigenvalue weighted by Gasteiger charge is -2.31. The summed E-state index contributed by atoms with van der Waals surface area (Å²) in [6.07, 6.45) is 1.55. The van der Waals surface area contributed by atoms with Crippen molar-refractivity contribution >= 4 is 10.2 Å². The normalized spacial score (nSPS) is 30.2. The van der Waals surface area contributed by atoms with Crippen LogP contribution in [-0.2, 0) is 14.9 Å². The van der Waals surface area contributed by atoms with Crippen molar-refractivity contribution in [1.82, 2.24) is 13.9 Å². The SMILES string of the molecule is CCN1CC(C)C(NS(=O)(=O)N(C)C2CCOCC2)C1. The molecule has 118 valence electrons. The molecule has 2 unspecified atom stereocenters. The van der Waals surface area contributed by atoms with Crippen LogP contribution in [0.25, 0.3) is 0 Å². The lowest BCUT2D eigenvalue weighted by Crippen LogP contribution is -2.50. The lowest BCUT2D eigenvalue weighted by molar-refractivity contribution is 0.0628. The summed E-state index contributed by atoms with van der Waals surface area (Å²) in [5.74, 6) is 0.354. The molecule has 2 heterocycles. The van der Waals surface area contributed by atoms with Gasteiger partial charge < -0.3 is 9.64 Å². The Morgan fingerprint density at radius 3 is 2.50 bits per heavy atom. The molecule has 2 fully saturated rings. The minimum absolute atomic E-state index is 0.0160. The number of likely N-dealkylation sites (tertiary alicyclic amines) is 1. The molecule has 0 aromatic heterocycles. The second kappa shape index (κ2) is 6.70. The summed E-state index contributed by atoms with van der Waals surface area (Å²) in [5.41, 5.74) is 0. The molecule has 0 aromatic carbocycles. The van der Waals surface area contributed by atoms with Gasteiger partial charge in [0.1, 0.15) is 0 Å². The quantitative estimate of drug-likeness (QED) is 0.792. The number of nitrogens with zero attached hydrogens (tertiary/aromatic N) is 2. The van der Waals surface area contributed by atoms with E-state index in [0.717, 1.165) is 32.5 Å². The smallest absolute Gasteiger partial charge is 0.279 e. The third kappa shape index (κ3) is 3.71. The average Bonchev–Trinajstić information content (AvgIpc) is 2.79. The van der Waals surface area contributed by atoms with Crippen LogP contribution >= 0.6 is 0 Å². The Labute approximate surface area is 122 Å². The van der Waals surface area contributed by atoms with E-state index in [1.54, 1.807) is 7.05 Å². The van der Waals surface area contributed by atoms with Gasteiger partial charge in [-0.2, -0.15) is 17.4 Å². The highest BCUT2D eigenvalue weighted by molar-refractivity contribution is 7.87. The van der Waals surface area contributed by atoms with Crippen molar-refractivity contribution in [3.63, 3.8) is 0 Å². The molecule has 2 rings (SSSR count). The van der Waals surface area contributed by atoms with E-state index in [4.69, 9.17) is 4.74 Å². The molecule has 0 saturated carbocycles. The molecule has 0 bridgehead atoms. The minimum Gasteiger partial charge on any atom is -0.381 e. The van der Waals surface area contributed by atoms with E-state index in [9.17, 15) is 8.42 Å². The van der Waals surface area contributed by atoms with E-state index in [2.05, 4.69) is 23.5 Å². The molecule has 0 spiro atoms. The first kappa shape index (κ1) is 16.2. The van der Waals surface area contributed by atoms with Crippen molar-refractivity contribution < 1.29 is 13.2 Å². The van der Waals surface area contributed by atoms with Crippen molar-refractivity contribution in [3.05, 3.63) is 0 Å². The molecule has 0 amide bonds. The summed E-state index contributed by atoms with van der Waals surface area (Å²) >= 11 is 0. The molecule has 0 radical (unpaired) electrons. The maximum atomic E-state index is 12.5. The Hall–Kier alpha value is -0.210. The van der Waals surface area contributed by atoms with Gasteiger partial charge >= 0.3 is 0 Å². The van der Waals surface area contributed by atoms with Crippen molar-refractivity contribution in [2.75, 3.05) is 39.9 Å². The van der Waals surface area contributed by atoms with Crippen LogP contribution in [0.1, 0.15) is 26.7 Å². The Balaban J connectivity index is 1.96. The maximum absolute atomic E-state index is 12.5. The first-order valence-electron chi connectivity index (χ1n) is 7.49. The number of ether oxygens (including phenoxy) is 1. The van der Waals surface area contributed by atoms with Gasteiger partial charge in [0.2, 0.25) is 0 Å². The van der Waals surface area contributed by atoms with Gasteiger partial charge in [-0.1, -0.05) is 13.8 Å². The zero-order valence-corrected chi connectivity index (χ0v) is 13.5. The van der Waals surface area contributed by atoms with E-state index in [1.165, 1.54) is 4.31 Å². The van der Waals surface area contributed by atoms with E-state index in [0.29, 0.717) is 19.1 Å². The second-order valence-corrected chi connectivity index (χ2v) is 7.68. The van der Waals surface area contributed by atoms with Gasteiger partial charge in [-0.05, 0) is 25.3 Å². The minimum atomic E-state index is -3.41. The zero-order valence-electron chi connectivity index (χ0n) is 12.7. The summed E-state index contributed by atoms with van der Waals surface area (Å²) < 4.78 is 34.6. The van der Waals surface area contributed by atoms with Crippen molar-refractivity contribution in [2.45, 2.75) is 38.8 Å². The first-order valence-corrected chi connectivity index (χ1v) is 8.93. The molecular weight excluding hydrogens is 278 g/mol. The maximum Gasteiger partial charge on any atom is 0.279 e. The number of likely N-dealkylation sites (N-methyl/N-ethyl adjacent to an activating group) is 1. The predicted octanol–water partition coefficient (Wildman–Crippen LogP) is 0.272. The lowest BCUT2D eigenvalue weighted by atomic mass is 10.1. The molecule has 2 saturated heterocycles. The first-order chi connectivity index (χ1) is 9.44. The summed E-state index contributed by atoms with van der Waals surface area (Å²) in [5, 5.41) is 0. The molecule has 20 heavy (non-hydrogen) atoms. The average molecular weight is 305 g/mol. The fraction of sp³-hybridized carbons (Fsp3) is 1.00. The van der Waals surface area contributed by atoms with E-state index in [1.807, 2.05) is 0 Å². The molecular formula is C13H27N3O3S. The van der Waals surface area contributed by atoms with Crippen molar-refractivity contribution in [3.8, 4) is 0 Å². The van der Waals surface area contributed by atoms with Crippen molar-refractivity contribution in [2.24, 2.45) is 5.92 Å². The number of nitrogens with one attached hydrogen (secondary N) is 1. The van der Waals surface area contributed by atoms with Gasteiger partial charge in [0.25, 0.3) is 10.2 Å². The number of hydrogen-bond donors (Lipinski definition) is 1. The number of rotatable bonds is 5. The van der Waals surface area contributed by atoms with Crippen LogP contribution in [-0.4, -0.2) is 69.6 Å². The Morgan fingerprint density at radius 1 is 1.30 bits per heavy atom. The third-order valence-corrected chi connectivity index (χ3v) is 6.18. The van der Waals surface area contributed by atoms with E-state index in [-0.39, 0.29) is 12.1 Å². The molecule has 7 heteroatoms. The summed E-state index contributed by atoms with van der Waals surface area (Å²) in [4.78, 5) is 2.28. The van der Waals surface area contributed by atoms with Gasteiger partial charge in [0, 0.05) is 45.4 Å². The van der Waals surface area contributed by atoms with Gasteiger partial charge in [0.15, 0.2) is 0 Å². The van der Waals surface area contributed by atoms with E-state index >= 15 is 0 Å². The van der Waals surface area contributed by atoms with Gasteiger partial charge in [0.05, 0.1) is 0 Å². The van der Waals surface area contributed by atoms with Crippen LogP contribution in [0.2, 0.25) is 0 Å². The molecule has 2 aliphatic heterocycles. The van der Waals surface area contributed by atoms with Gasteiger partial charge in [-0.15, -0.1) is 0 Å². The van der Waals surface area contributed by atoms with Crippen LogP contribution in [0.15, 0.2) is 0 Å². The molecule has 2 aliphatic rings. The van der Waals surface area contributed by atoms with Crippen LogP contribution < -0.4 is 4.72 Å². The third-order valence-electron chi connectivity index (χ3n) is 4.52. The summed E-state index contributed by atoms with van der Waals surface area (Å²) in [7, 11) is -1.73. The largest absolute Gasteiger partial charge is 0.381 e. The van der Waals surface area contributed by atoms with Crippen LogP contribution in [0.5, 0.6) is 0 Å². The number of hydrogen-bond acceptors (Lipinski definition) is 4. The van der Waals surface area contributed by atoms with Gasteiger partial charge in [-0.25, -0.2) is 0 Å². The molecule has 6 nitrogen and oxygen atoms in total. The Kier molecular flexibility index (Phi) is 5.42. The molecule has 2 atom stereocenters. The summed E-state index contributed by atoms with van der Waals surface area (Å²) in [6.45, 7) is 8.25. The Bertz CT molecular complexity index is 409. The Morgan fingerprint density at radius 2 is 1.95 bits per heavy atom. The van der Waals surface area contributed by atoms with Crippen molar-refractivity contribution in [1.29, 1.82) is 0 Å². The summed E-state index contributed by atoms with van der Waals surface area (Å²) in [6, 6.07) is 0.0717. The highest BCUT2D eigenvalue weighted by Crippen LogP contribution is 2.20. The van der Waals surface area contributed by atoms with Crippen LogP contribution in [0.4, 0.5) is 0 Å². The van der Waals surface area contributed by atoms with E-state index < -0.39 is 10.2 Å². The fourth-order valence-corrected chi connectivity index (χ4v) is 4.46. The molecule has 1 N–H and O–H groups in total. The molecule has 0 aromatic rings. The van der Waals surface area contributed by atoms with Crippen LogP contribution in [0.3, 0.4) is 0 Å². The van der Waals surface area contributed by atoms with Crippen LogP contribution in [0, 0.1) is 5.92 Å². The zero-order chi connectivity index (χ0) is 14.8. The predicted molar refractivity (Wildman–Crippen MR) is 78.7 cm³/mol. The highest BCUT2D eigenvalue weighted by atomic mass is 32.2.